The molecular weight excluding hydrogens is 1380 g/mol. The Morgan fingerprint density at radius 3 is 0.911 bits per heavy atom. The first-order valence-electron chi connectivity index (χ1n) is 23.1. The van der Waals surface area contributed by atoms with Gasteiger partial charge in [-0.25, -0.2) is 14.4 Å². The molecule has 90 heavy (non-hydrogen) atoms. The highest BCUT2D eigenvalue weighted by Gasteiger charge is 2.41. The first-order chi connectivity index (χ1) is 40.6. The van der Waals surface area contributed by atoms with E-state index >= 15 is 0 Å². The lowest BCUT2D eigenvalue weighted by Crippen LogP contribution is -2.63. The summed E-state index contributed by atoms with van der Waals surface area (Å²) in [6.07, 6.45) is 0. The Bertz CT molecular complexity index is 4050. The number of aliphatic carboxylic acids is 1. The predicted molar refractivity (Wildman–Crippen MR) is 288 cm³/mol. The van der Waals surface area contributed by atoms with Gasteiger partial charge in [-0.2, -0.15) is 58.9 Å². The fourth-order valence-electron chi connectivity index (χ4n) is 6.87. The Balaban J connectivity index is 2.70. The van der Waals surface area contributed by atoms with Gasteiger partial charge in [-0.1, -0.05) is 30.3 Å². The Hall–Kier alpha value is -8.35. The van der Waals surface area contributed by atoms with Crippen LogP contribution in [0.3, 0.4) is 0 Å². The van der Waals surface area contributed by atoms with Crippen LogP contribution in [0.25, 0.3) is 0 Å². The average Bonchev–Trinajstić information content (AvgIpc) is 1.26. The zero-order valence-electron chi connectivity index (χ0n) is 44.2. The maximum absolute atomic E-state index is 13.9. The Labute approximate surface area is 505 Å². The summed E-state index contributed by atoms with van der Waals surface area (Å²) < 4.78 is 239. The van der Waals surface area contributed by atoms with Gasteiger partial charge in [-0.15, -0.1) is 0 Å². The number of nitrogens with two attached hydrogens (primary N) is 1. The monoisotopic (exact) mass is 1430 g/mol. The van der Waals surface area contributed by atoms with Crippen molar-refractivity contribution >= 4 is 142 Å². The van der Waals surface area contributed by atoms with E-state index in [-0.39, 0.29) is 17.7 Å². The number of carbonyl (C=O) groups is 12. The number of carboxylic acids is 2. The number of carbonyl (C=O) groups excluding carboxylic acids is 10. The third kappa shape index (κ3) is 28.4. The van der Waals surface area contributed by atoms with E-state index in [1.165, 1.54) is 67.5 Å². The van der Waals surface area contributed by atoms with E-state index in [1.807, 2.05) is 0 Å². The van der Waals surface area contributed by atoms with Crippen LogP contribution in [-0.4, -0.2) is 255 Å². The molecule has 0 fully saturated rings. The normalized spacial score (nSPS) is 14.6. The number of hydrogen-bond acceptors (Lipinski definition) is 27. The number of nitrogens with one attached hydrogen (secondary N) is 7. The second kappa shape index (κ2) is 30.9. The number of esters is 1. The molecule has 0 aliphatic heterocycles. The fourth-order valence-corrected chi connectivity index (χ4v) is 11.5. The van der Waals surface area contributed by atoms with E-state index in [0.717, 1.165) is 0 Å². The third-order valence-corrected chi connectivity index (χ3v) is 15.9. The number of ether oxygens (including phenoxy) is 1. The fraction of sp³-hybridized carbons (Fsp3) is 0.385. The molecule has 0 aliphatic carbocycles. The second-order valence-electron chi connectivity index (χ2n) is 18.0. The summed E-state index contributed by atoms with van der Waals surface area (Å²) in [5, 5.41) is 28.4. The number of aromatic carboxylic acids is 1. The largest absolute Gasteiger partial charge is 0.480 e. The first kappa shape index (κ1) is 77.7. The molecule has 1 unspecified atom stereocenters. The van der Waals surface area contributed by atoms with Crippen LogP contribution in [0.5, 0.6) is 0 Å². The number of carboxylic acid groups (broad SMARTS) is 2. The molecule has 0 saturated carbocycles. The van der Waals surface area contributed by atoms with Gasteiger partial charge < -0.3 is 57.9 Å². The van der Waals surface area contributed by atoms with Crippen LogP contribution < -0.4 is 43.0 Å². The van der Waals surface area contributed by atoms with Gasteiger partial charge in [0.25, 0.3) is 82.5 Å². The highest BCUT2D eigenvalue weighted by Crippen LogP contribution is 2.20. The van der Waals surface area contributed by atoms with Gasteiger partial charge >= 0.3 is 17.9 Å². The van der Waals surface area contributed by atoms with Crippen molar-refractivity contribution in [1.29, 1.82) is 0 Å². The van der Waals surface area contributed by atoms with Gasteiger partial charge in [0, 0.05) is 5.56 Å². The number of rotatable bonds is 35. The minimum Gasteiger partial charge on any atom is -0.480 e. The Kier molecular flexibility index (Phi) is 26.7. The molecule has 0 heterocycles. The summed E-state index contributed by atoms with van der Waals surface area (Å²) in [6, 6.07) is -13.3. The quantitative estimate of drug-likeness (QED) is 0.0132. The smallest absolute Gasteiger partial charge is 0.380 e. The van der Waals surface area contributed by atoms with Crippen LogP contribution in [0.1, 0.15) is 47.0 Å². The number of hydrogen-bond donors (Lipinski definition) is 17. The Morgan fingerprint density at radius 2 is 0.644 bits per heavy atom. The third-order valence-electron chi connectivity index (χ3n) is 10.6. The minimum atomic E-state index is -5.79. The zero-order chi connectivity index (χ0) is 69.6. The molecule has 18 N–H and O–H groups in total. The first-order valence-corrected chi connectivity index (χ1v) is 34.4. The lowest BCUT2D eigenvalue weighted by atomic mass is 9.94. The topological polar surface area (TPSA) is 745 Å². The van der Waals surface area contributed by atoms with E-state index < -0.39 is 253 Å². The molecular formula is C39H48N8O36S7. The Morgan fingerprint density at radius 1 is 0.378 bits per heavy atom. The van der Waals surface area contributed by atoms with Crippen LogP contribution in [0.15, 0.2) is 42.5 Å². The lowest BCUT2D eigenvalue weighted by Gasteiger charge is -2.26. The van der Waals surface area contributed by atoms with E-state index in [4.69, 9.17) is 15.0 Å². The molecule has 2 rings (SSSR count). The maximum Gasteiger partial charge on any atom is 0.380 e. The number of Topliss-reactive ketones (excluding diaryl/α,β-unsaturated/α-hetero) is 1. The van der Waals surface area contributed by atoms with Crippen LogP contribution >= 0.6 is 0 Å². The van der Waals surface area contributed by atoms with Crippen LogP contribution in [0.4, 0.5) is 0 Å². The van der Waals surface area contributed by atoms with Gasteiger partial charge in [0.05, 0.1) is 16.7 Å². The molecule has 502 valence electrons. The summed E-state index contributed by atoms with van der Waals surface area (Å²) in [5.74, 6) is -40.1. The molecule has 7 atom stereocenters. The molecule has 0 aromatic heterocycles. The van der Waals surface area contributed by atoms with Crippen molar-refractivity contribution in [2.45, 2.75) is 48.9 Å². The van der Waals surface area contributed by atoms with Crippen molar-refractivity contribution in [2.75, 3.05) is 40.3 Å². The van der Waals surface area contributed by atoms with E-state index in [0.29, 0.717) is 0 Å². The van der Waals surface area contributed by atoms with Crippen LogP contribution in [0, 0.1) is 0 Å². The molecule has 0 saturated heterocycles. The minimum absolute atomic E-state index is 0.170. The van der Waals surface area contributed by atoms with Crippen LogP contribution in [0.2, 0.25) is 0 Å². The van der Waals surface area contributed by atoms with Crippen molar-refractivity contribution in [3.8, 4) is 0 Å². The van der Waals surface area contributed by atoms with E-state index in [9.17, 15) is 154 Å². The standard InChI is InChI=1S/C39H48N8O36S7/c40-29(49)18-6-17(28(48)39(61)83-8-16-4-2-1-3-5-16)19(7-20(18)37(57)58)30(50)41-21(9-84(62,63)64)31(51)42-22(10-85(65,66)67)32(52)43-23(11-86(68,69)70)33(53)44-24(12-87(71,72)73)34(54)45-25(13-88(74,75)76)35(55)46-26(14-89(77,78)79)36(56)47-27(38(59)60)15-90(80,81)82/h1-7,21-27H,8-15H2,(H2,40,49)(H,41,50)(H,42,51)(H,43,52)(H,44,53)(H,45,54)(H,46,55)(H,47,56)(H,57,58)(H,59,60)(H,62,63,64)(H,65,66,67)(H,68,69,70)(H,71,72,73)(H,74,75,76)(H,77,78,79)(H,80,81,82)/t21?,22-,23-,24-,25-,26-,27-/m1/s1. The number of ketones is 1. The number of benzene rings is 2. The molecule has 2 aromatic carbocycles. The van der Waals surface area contributed by atoms with Gasteiger partial charge in [0.2, 0.25) is 41.4 Å². The summed E-state index contributed by atoms with van der Waals surface area (Å²) in [4.78, 5) is 157. The molecule has 2 aromatic rings. The van der Waals surface area contributed by atoms with Crippen molar-refractivity contribution in [3.63, 3.8) is 0 Å². The number of amides is 8. The molecule has 0 radical (unpaired) electrons. The van der Waals surface area contributed by atoms with Crippen molar-refractivity contribution in [2.24, 2.45) is 5.73 Å². The molecule has 0 bridgehead atoms. The lowest BCUT2D eigenvalue weighted by molar-refractivity contribution is -0.141. The zero-order valence-corrected chi connectivity index (χ0v) is 49.9. The maximum atomic E-state index is 13.9. The van der Waals surface area contributed by atoms with E-state index in [2.05, 4.69) is 0 Å². The highest BCUT2D eigenvalue weighted by atomic mass is 32.2. The number of primary amides is 1. The van der Waals surface area contributed by atoms with Crippen LogP contribution in [-0.2, 0) is 121 Å². The molecule has 0 aliphatic rings. The summed E-state index contributed by atoms with van der Waals surface area (Å²) in [5.41, 5.74) is 0.544. The van der Waals surface area contributed by atoms with Crippen molar-refractivity contribution < 1.29 is 163 Å². The van der Waals surface area contributed by atoms with Crippen molar-refractivity contribution in [3.05, 3.63) is 70.3 Å². The summed E-state index contributed by atoms with van der Waals surface area (Å²) >= 11 is 0. The van der Waals surface area contributed by atoms with Gasteiger partial charge in [0.15, 0.2) is 0 Å². The SMILES string of the molecule is NC(=O)c1cc(C(=O)C(=O)OCc2ccccc2)c(C(=O)NC(CS(=O)(=O)O)C(=O)N[C@H](CS(=O)(=O)O)C(=O)N[C@H](CS(=O)(=O)O)C(=O)N[C@H](CS(=O)(=O)O)C(=O)N[C@H](CS(=O)(=O)O)C(=O)N[C@H](CS(=O)(=O)O)C(=O)N[C@H](CS(=O)(=O)O)C(=O)O)cc1C(=O)O. The second-order valence-corrected chi connectivity index (χ2v) is 28.5. The average molecular weight is 1430 g/mol. The van der Waals surface area contributed by atoms with Gasteiger partial charge in [-0.05, 0) is 17.7 Å². The van der Waals surface area contributed by atoms with Gasteiger partial charge in [0.1, 0.15) is 89.2 Å². The highest BCUT2D eigenvalue weighted by molar-refractivity contribution is 7.87. The molecule has 51 heteroatoms. The molecule has 0 spiro atoms. The molecule has 8 amide bonds. The van der Waals surface area contributed by atoms with Crippen molar-refractivity contribution in [1.82, 2.24) is 37.2 Å². The van der Waals surface area contributed by atoms with Gasteiger partial charge in [-0.3, -0.25) is 75.0 Å². The summed E-state index contributed by atoms with van der Waals surface area (Å²) in [6.45, 7) is -0.647. The molecule has 44 nitrogen and oxygen atoms in total. The van der Waals surface area contributed by atoms with E-state index in [1.54, 1.807) is 0 Å². The summed E-state index contributed by atoms with van der Waals surface area (Å²) in [7, 11) is -39.6. The predicted octanol–water partition coefficient (Wildman–Crippen LogP) is -10.3.